The van der Waals surface area contributed by atoms with E-state index in [1.165, 1.54) is 4.90 Å². The highest BCUT2D eigenvalue weighted by Crippen LogP contribution is 2.34. The molecule has 1 aliphatic heterocycles. The second kappa shape index (κ2) is 10.5. The van der Waals surface area contributed by atoms with Gasteiger partial charge in [-0.05, 0) is 40.0 Å². The number of halogens is 2. The maximum Gasteiger partial charge on any atom is 0.280 e. The van der Waals surface area contributed by atoms with Crippen LogP contribution in [-0.4, -0.2) is 49.4 Å². The maximum absolute atomic E-state index is 14.0. The Balaban J connectivity index is 1.59. The highest BCUT2D eigenvalue weighted by atomic mass is 19.3. The molecule has 34 heavy (non-hydrogen) atoms. The van der Waals surface area contributed by atoms with Gasteiger partial charge in [0.05, 0.1) is 6.67 Å². The quantitative estimate of drug-likeness (QED) is 0.468. The number of benzene rings is 2. The summed E-state index contributed by atoms with van der Waals surface area (Å²) in [5, 5.41) is 14.1. The fourth-order valence-electron chi connectivity index (χ4n) is 4.30. The van der Waals surface area contributed by atoms with E-state index < -0.39 is 6.43 Å². The Morgan fingerprint density at radius 2 is 1.82 bits per heavy atom. The predicted octanol–water partition coefficient (Wildman–Crippen LogP) is 5.21. The lowest BCUT2D eigenvalue weighted by atomic mass is 9.98. The number of unbranched alkanes of at least 4 members (excludes halogenated alkanes) is 1. The van der Waals surface area contributed by atoms with Crippen LogP contribution < -0.4 is 0 Å². The number of aromatic nitrogens is 4. The number of carbonyl (C=O) groups excluding carboxylic acids is 1. The molecule has 0 bridgehead atoms. The van der Waals surface area contributed by atoms with Crippen molar-refractivity contribution in [3.63, 3.8) is 0 Å². The van der Waals surface area contributed by atoms with Crippen LogP contribution in [0, 0.1) is 0 Å². The molecule has 0 spiro atoms. The molecule has 1 N–H and O–H groups in total. The monoisotopic (exact) mass is 466 g/mol. The molecular weight excluding hydrogens is 438 g/mol. The molecule has 7 nitrogen and oxygen atoms in total. The van der Waals surface area contributed by atoms with Gasteiger partial charge < -0.3 is 4.90 Å². The summed E-state index contributed by atoms with van der Waals surface area (Å²) in [6.45, 7) is 4.35. The van der Waals surface area contributed by atoms with E-state index in [9.17, 15) is 13.6 Å². The molecule has 0 radical (unpaired) electrons. The number of aromatic amines is 1. The molecule has 2 heterocycles. The first-order chi connectivity index (χ1) is 16.5. The van der Waals surface area contributed by atoms with Crippen LogP contribution in [0.4, 0.5) is 8.78 Å². The summed E-state index contributed by atoms with van der Waals surface area (Å²) in [6.07, 6.45) is -0.274. The van der Waals surface area contributed by atoms with E-state index in [1.54, 1.807) is 6.92 Å². The normalized spacial score (nSPS) is 13.9. The summed E-state index contributed by atoms with van der Waals surface area (Å²) in [6, 6.07) is 15.8. The van der Waals surface area contributed by atoms with Crippen molar-refractivity contribution in [2.75, 3.05) is 6.67 Å². The van der Waals surface area contributed by atoms with E-state index in [4.69, 9.17) is 0 Å². The highest BCUT2D eigenvalue weighted by molar-refractivity contribution is 5.80. The summed E-state index contributed by atoms with van der Waals surface area (Å²) in [5.41, 5.74) is 4.29. The average Bonchev–Trinajstić information content (AvgIpc) is 3.51. The first-order valence-electron chi connectivity index (χ1n) is 11.5. The standard InChI is InChI=1S/C25H28F2N6O/c1-3-5-10-21-23(24(26)27)33(22(34)4-2)16-32(21)15-17-11-13-18(14-12-17)19-8-6-7-9-20(19)25-28-30-31-29-25/h6-9,11-14,24H,3-5,10,15-16H2,1-2H3,(H,28,29,30,31). The van der Waals surface area contributed by atoms with E-state index in [-0.39, 0.29) is 24.7 Å². The third-order valence-electron chi connectivity index (χ3n) is 6.02. The molecule has 1 aliphatic rings. The summed E-state index contributed by atoms with van der Waals surface area (Å²) >= 11 is 0. The second-order valence-corrected chi connectivity index (χ2v) is 8.24. The van der Waals surface area contributed by atoms with Crippen LogP contribution >= 0.6 is 0 Å². The number of allylic oxidation sites excluding steroid dienone is 2. The van der Waals surface area contributed by atoms with Crippen LogP contribution in [0.15, 0.2) is 59.9 Å². The van der Waals surface area contributed by atoms with E-state index >= 15 is 0 Å². The maximum atomic E-state index is 14.0. The molecule has 0 aliphatic carbocycles. The van der Waals surface area contributed by atoms with Crippen molar-refractivity contribution < 1.29 is 13.6 Å². The Labute approximate surface area is 197 Å². The molecular formula is C25H28F2N6O. The van der Waals surface area contributed by atoms with Crippen LogP contribution in [0.2, 0.25) is 0 Å². The molecule has 1 amide bonds. The van der Waals surface area contributed by atoms with Crippen LogP contribution in [0.5, 0.6) is 0 Å². The van der Waals surface area contributed by atoms with Crippen LogP contribution in [0.3, 0.4) is 0 Å². The lowest BCUT2D eigenvalue weighted by Crippen LogP contribution is -2.33. The summed E-state index contributed by atoms with van der Waals surface area (Å²) in [5.74, 6) is 0.309. The molecule has 0 saturated heterocycles. The van der Waals surface area contributed by atoms with Gasteiger partial charge in [-0.3, -0.25) is 9.69 Å². The topological polar surface area (TPSA) is 78.0 Å². The number of rotatable bonds is 9. The molecule has 3 aromatic rings. The third kappa shape index (κ3) is 4.83. The number of hydrogen-bond acceptors (Lipinski definition) is 5. The van der Waals surface area contributed by atoms with Gasteiger partial charge in [-0.2, -0.15) is 0 Å². The summed E-state index contributed by atoms with van der Waals surface area (Å²) in [7, 11) is 0. The number of nitrogens with one attached hydrogen (secondary N) is 1. The molecule has 4 rings (SSSR count). The Hall–Kier alpha value is -3.62. The van der Waals surface area contributed by atoms with E-state index in [0.29, 0.717) is 24.5 Å². The van der Waals surface area contributed by atoms with E-state index in [2.05, 4.69) is 20.6 Å². The van der Waals surface area contributed by atoms with Gasteiger partial charge >= 0.3 is 0 Å². The van der Waals surface area contributed by atoms with Gasteiger partial charge in [0.1, 0.15) is 5.70 Å². The van der Waals surface area contributed by atoms with Gasteiger partial charge in [0.25, 0.3) is 6.43 Å². The molecule has 0 atom stereocenters. The molecule has 2 aromatic carbocycles. The number of nitrogens with zero attached hydrogens (tertiary/aromatic N) is 5. The van der Waals surface area contributed by atoms with Crippen LogP contribution in [-0.2, 0) is 11.3 Å². The smallest absolute Gasteiger partial charge is 0.280 e. The first-order valence-corrected chi connectivity index (χ1v) is 11.5. The molecule has 178 valence electrons. The number of alkyl halides is 2. The number of H-pyrrole nitrogens is 1. The number of amides is 1. The molecule has 0 unspecified atom stereocenters. The van der Waals surface area contributed by atoms with Gasteiger partial charge in [-0.25, -0.2) is 13.9 Å². The summed E-state index contributed by atoms with van der Waals surface area (Å²) < 4.78 is 28.0. The SMILES string of the molecule is CCCCC1=C(C(F)F)N(C(=O)CC)CN1Cc1ccc(-c2ccccc2-c2nnn[nH]2)cc1. The molecule has 0 saturated carbocycles. The number of hydrogen-bond donors (Lipinski definition) is 1. The van der Waals surface area contributed by atoms with Gasteiger partial charge in [0.2, 0.25) is 5.91 Å². The molecule has 1 aromatic heterocycles. The molecule has 0 fully saturated rings. The number of carbonyl (C=O) groups is 1. The third-order valence-corrected chi connectivity index (χ3v) is 6.02. The van der Waals surface area contributed by atoms with Crippen molar-refractivity contribution in [2.24, 2.45) is 0 Å². The van der Waals surface area contributed by atoms with Crippen molar-refractivity contribution in [3.8, 4) is 22.5 Å². The Morgan fingerprint density at radius 3 is 2.44 bits per heavy atom. The highest BCUT2D eigenvalue weighted by Gasteiger charge is 2.36. The lowest BCUT2D eigenvalue weighted by molar-refractivity contribution is -0.130. The zero-order valence-electron chi connectivity index (χ0n) is 19.3. The van der Waals surface area contributed by atoms with Crippen molar-refractivity contribution >= 4 is 5.91 Å². The van der Waals surface area contributed by atoms with Crippen molar-refractivity contribution in [2.45, 2.75) is 52.5 Å². The second-order valence-electron chi connectivity index (χ2n) is 8.24. The Bertz CT molecular complexity index is 1140. The minimum atomic E-state index is -2.68. The fraction of sp³-hybridized carbons (Fsp3) is 0.360. The van der Waals surface area contributed by atoms with Crippen LogP contribution in [0.25, 0.3) is 22.5 Å². The predicted molar refractivity (Wildman–Crippen MR) is 125 cm³/mol. The minimum Gasteiger partial charge on any atom is -0.351 e. The number of tetrazole rings is 1. The van der Waals surface area contributed by atoms with Crippen molar-refractivity contribution in [1.29, 1.82) is 0 Å². The fourth-order valence-corrected chi connectivity index (χ4v) is 4.30. The first kappa shape index (κ1) is 23.5. The van der Waals surface area contributed by atoms with Gasteiger partial charge in [-0.15, -0.1) is 5.10 Å². The van der Waals surface area contributed by atoms with Gasteiger partial charge in [-0.1, -0.05) is 68.8 Å². The zero-order chi connectivity index (χ0) is 24.1. The van der Waals surface area contributed by atoms with Crippen molar-refractivity contribution in [3.05, 3.63) is 65.5 Å². The van der Waals surface area contributed by atoms with E-state index in [0.717, 1.165) is 35.1 Å². The minimum absolute atomic E-state index is 0.133. The van der Waals surface area contributed by atoms with Crippen LogP contribution in [0.1, 0.15) is 45.1 Å². The van der Waals surface area contributed by atoms with Gasteiger partial charge in [0, 0.05) is 24.2 Å². The molecule has 9 heteroatoms. The zero-order valence-corrected chi connectivity index (χ0v) is 19.3. The Morgan fingerprint density at radius 1 is 1.09 bits per heavy atom. The van der Waals surface area contributed by atoms with Gasteiger partial charge in [0.15, 0.2) is 5.82 Å². The van der Waals surface area contributed by atoms with E-state index in [1.807, 2.05) is 60.4 Å². The average molecular weight is 467 g/mol. The largest absolute Gasteiger partial charge is 0.351 e. The Kier molecular flexibility index (Phi) is 7.30. The lowest BCUT2D eigenvalue weighted by Gasteiger charge is -2.23. The summed E-state index contributed by atoms with van der Waals surface area (Å²) in [4.78, 5) is 15.6. The van der Waals surface area contributed by atoms with Crippen molar-refractivity contribution in [1.82, 2.24) is 30.4 Å².